The minimum atomic E-state index is -1.23. The second-order valence-electron chi connectivity index (χ2n) is 3.78. The molecule has 0 atom stereocenters. The third-order valence-electron chi connectivity index (χ3n) is 2.45. The SMILES string of the molecule is O=C(O)c1ccc([N+](=O)[O-])c(NCCc2cscn2)n1. The summed E-state index contributed by atoms with van der Waals surface area (Å²) in [5.41, 5.74) is 2.06. The Bertz CT molecular complexity index is 629. The standard InChI is InChI=1S/C11H10N4O4S/c16-11(17)8-1-2-9(15(18)19)10(14-8)12-4-3-7-5-20-6-13-7/h1-2,5-6H,3-4H2,(H,12,14)(H,16,17). The average molecular weight is 294 g/mol. The zero-order valence-corrected chi connectivity index (χ0v) is 11.0. The lowest BCUT2D eigenvalue weighted by molar-refractivity contribution is -0.384. The van der Waals surface area contributed by atoms with Gasteiger partial charge >= 0.3 is 11.7 Å². The summed E-state index contributed by atoms with van der Waals surface area (Å²) >= 11 is 1.46. The fourth-order valence-corrected chi connectivity index (χ4v) is 2.11. The Balaban J connectivity index is 2.13. The third-order valence-corrected chi connectivity index (χ3v) is 3.08. The van der Waals surface area contributed by atoms with Crippen molar-refractivity contribution in [3.63, 3.8) is 0 Å². The number of hydrogen-bond donors (Lipinski definition) is 2. The van der Waals surface area contributed by atoms with E-state index in [4.69, 9.17) is 5.11 Å². The Labute approximate surface area is 117 Å². The van der Waals surface area contributed by atoms with Crippen LogP contribution in [0, 0.1) is 10.1 Å². The number of carbonyl (C=O) groups is 1. The molecule has 0 amide bonds. The van der Waals surface area contributed by atoms with Gasteiger partial charge in [0.2, 0.25) is 5.82 Å². The van der Waals surface area contributed by atoms with Crippen molar-refractivity contribution in [2.75, 3.05) is 11.9 Å². The Morgan fingerprint density at radius 3 is 2.90 bits per heavy atom. The van der Waals surface area contributed by atoms with Gasteiger partial charge in [0.05, 0.1) is 16.1 Å². The number of nitrogens with zero attached hydrogens (tertiary/aromatic N) is 3. The normalized spacial score (nSPS) is 10.2. The molecule has 0 unspecified atom stereocenters. The van der Waals surface area contributed by atoms with E-state index < -0.39 is 10.9 Å². The first-order chi connectivity index (χ1) is 9.58. The molecule has 2 aromatic heterocycles. The van der Waals surface area contributed by atoms with E-state index in [1.54, 1.807) is 5.51 Å². The van der Waals surface area contributed by atoms with E-state index in [0.29, 0.717) is 13.0 Å². The van der Waals surface area contributed by atoms with Crippen molar-refractivity contribution in [1.29, 1.82) is 0 Å². The number of carboxylic acids is 1. The topological polar surface area (TPSA) is 118 Å². The molecule has 2 N–H and O–H groups in total. The van der Waals surface area contributed by atoms with Crippen molar-refractivity contribution in [2.24, 2.45) is 0 Å². The molecule has 0 radical (unpaired) electrons. The summed E-state index contributed by atoms with van der Waals surface area (Å²) in [4.78, 5) is 28.9. The van der Waals surface area contributed by atoms with Gasteiger partial charge < -0.3 is 10.4 Å². The number of anilines is 1. The molecule has 0 aliphatic rings. The molecule has 0 aliphatic heterocycles. The van der Waals surface area contributed by atoms with Crippen LogP contribution < -0.4 is 5.32 Å². The van der Waals surface area contributed by atoms with Crippen LogP contribution in [0.3, 0.4) is 0 Å². The van der Waals surface area contributed by atoms with E-state index in [-0.39, 0.29) is 17.2 Å². The molecule has 9 heteroatoms. The van der Waals surface area contributed by atoms with Crippen LogP contribution in [-0.4, -0.2) is 32.5 Å². The molecule has 0 saturated heterocycles. The Morgan fingerprint density at radius 1 is 1.50 bits per heavy atom. The number of carboxylic acid groups (broad SMARTS) is 1. The summed E-state index contributed by atoms with van der Waals surface area (Å²) in [5.74, 6) is -1.28. The largest absolute Gasteiger partial charge is 0.477 e. The smallest absolute Gasteiger partial charge is 0.354 e. The van der Waals surface area contributed by atoms with Crippen LogP contribution in [0.15, 0.2) is 23.0 Å². The lowest BCUT2D eigenvalue weighted by atomic mass is 10.3. The van der Waals surface area contributed by atoms with Crippen LogP contribution in [0.4, 0.5) is 11.5 Å². The van der Waals surface area contributed by atoms with Gasteiger partial charge in [0.25, 0.3) is 0 Å². The predicted octanol–water partition coefficient (Wildman–Crippen LogP) is 1.80. The second-order valence-corrected chi connectivity index (χ2v) is 4.50. The van der Waals surface area contributed by atoms with Gasteiger partial charge in [-0.2, -0.15) is 0 Å². The van der Waals surface area contributed by atoms with Crippen LogP contribution in [0.1, 0.15) is 16.2 Å². The summed E-state index contributed by atoms with van der Waals surface area (Å²) < 4.78 is 0. The lowest BCUT2D eigenvalue weighted by Crippen LogP contribution is -2.11. The molecule has 104 valence electrons. The third kappa shape index (κ3) is 3.26. The van der Waals surface area contributed by atoms with Crippen LogP contribution in [0.25, 0.3) is 0 Å². The molecule has 2 heterocycles. The second kappa shape index (κ2) is 6.06. The monoisotopic (exact) mass is 294 g/mol. The van der Waals surface area contributed by atoms with Gasteiger partial charge in [-0.05, 0) is 6.07 Å². The minimum absolute atomic E-state index is 0.0508. The summed E-state index contributed by atoms with van der Waals surface area (Å²) in [5, 5.41) is 24.4. The van der Waals surface area contributed by atoms with Crippen molar-refractivity contribution < 1.29 is 14.8 Å². The molecule has 0 spiro atoms. The molecular formula is C11H10N4O4S. The number of pyridine rings is 1. The lowest BCUT2D eigenvalue weighted by Gasteiger charge is -2.06. The van der Waals surface area contributed by atoms with Gasteiger partial charge in [-0.15, -0.1) is 11.3 Å². The molecule has 8 nitrogen and oxygen atoms in total. The molecule has 0 aliphatic carbocycles. The fourth-order valence-electron chi connectivity index (χ4n) is 1.52. The minimum Gasteiger partial charge on any atom is -0.477 e. The van der Waals surface area contributed by atoms with E-state index in [9.17, 15) is 14.9 Å². The zero-order chi connectivity index (χ0) is 14.5. The van der Waals surface area contributed by atoms with Crippen molar-refractivity contribution in [1.82, 2.24) is 9.97 Å². The fraction of sp³-hybridized carbons (Fsp3) is 0.182. The van der Waals surface area contributed by atoms with Gasteiger partial charge in [-0.3, -0.25) is 10.1 Å². The van der Waals surface area contributed by atoms with E-state index in [1.807, 2.05) is 5.38 Å². The number of rotatable bonds is 6. The number of thiazole rings is 1. The summed E-state index contributed by atoms with van der Waals surface area (Å²) in [7, 11) is 0. The van der Waals surface area contributed by atoms with E-state index in [1.165, 1.54) is 11.3 Å². The van der Waals surface area contributed by atoms with Crippen LogP contribution in [0.5, 0.6) is 0 Å². The van der Waals surface area contributed by atoms with E-state index in [2.05, 4.69) is 15.3 Å². The molecule has 2 rings (SSSR count). The van der Waals surface area contributed by atoms with Crippen molar-refractivity contribution in [3.05, 3.63) is 44.5 Å². The first kappa shape index (κ1) is 13.9. The number of aromatic nitrogens is 2. The first-order valence-electron chi connectivity index (χ1n) is 5.57. The summed E-state index contributed by atoms with van der Waals surface area (Å²) in [6.45, 7) is 0.376. The highest BCUT2D eigenvalue weighted by Crippen LogP contribution is 2.22. The summed E-state index contributed by atoms with van der Waals surface area (Å²) in [6, 6.07) is 2.23. The number of nitrogens with one attached hydrogen (secondary N) is 1. The quantitative estimate of drug-likeness (QED) is 0.616. The molecule has 0 aromatic carbocycles. The Kier molecular flexibility index (Phi) is 4.20. The molecule has 0 saturated carbocycles. The van der Waals surface area contributed by atoms with E-state index in [0.717, 1.165) is 17.8 Å². The van der Waals surface area contributed by atoms with Gasteiger partial charge in [-0.25, -0.2) is 14.8 Å². The van der Waals surface area contributed by atoms with Crippen molar-refractivity contribution in [2.45, 2.75) is 6.42 Å². The van der Waals surface area contributed by atoms with Gasteiger partial charge in [0.15, 0.2) is 5.69 Å². The highest BCUT2D eigenvalue weighted by Gasteiger charge is 2.18. The zero-order valence-electron chi connectivity index (χ0n) is 10.1. The van der Waals surface area contributed by atoms with E-state index >= 15 is 0 Å². The average Bonchev–Trinajstić information content (AvgIpc) is 2.91. The highest BCUT2D eigenvalue weighted by atomic mass is 32.1. The Hall–Kier alpha value is -2.55. The first-order valence-corrected chi connectivity index (χ1v) is 6.52. The summed E-state index contributed by atoms with van der Waals surface area (Å²) in [6.07, 6.45) is 0.569. The van der Waals surface area contributed by atoms with Gasteiger partial charge in [-0.1, -0.05) is 0 Å². The highest BCUT2D eigenvalue weighted by molar-refractivity contribution is 7.07. The number of aromatic carboxylic acids is 1. The maximum Gasteiger partial charge on any atom is 0.354 e. The molecule has 20 heavy (non-hydrogen) atoms. The van der Waals surface area contributed by atoms with Crippen molar-refractivity contribution >= 4 is 28.8 Å². The molecule has 0 bridgehead atoms. The Morgan fingerprint density at radius 2 is 2.30 bits per heavy atom. The number of hydrogen-bond acceptors (Lipinski definition) is 7. The maximum atomic E-state index is 10.9. The van der Waals surface area contributed by atoms with Crippen LogP contribution in [-0.2, 0) is 6.42 Å². The number of nitro groups is 1. The molecular weight excluding hydrogens is 284 g/mol. The van der Waals surface area contributed by atoms with Gasteiger partial charge in [0.1, 0.15) is 0 Å². The molecule has 2 aromatic rings. The predicted molar refractivity (Wildman–Crippen MR) is 72.2 cm³/mol. The van der Waals surface area contributed by atoms with Crippen LogP contribution in [0.2, 0.25) is 0 Å². The van der Waals surface area contributed by atoms with Crippen LogP contribution >= 0.6 is 11.3 Å². The maximum absolute atomic E-state index is 10.9. The van der Waals surface area contributed by atoms with Crippen molar-refractivity contribution in [3.8, 4) is 0 Å². The molecule has 0 fully saturated rings. The van der Waals surface area contributed by atoms with Gasteiger partial charge in [0, 0.05) is 24.4 Å².